The van der Waals surface area contributed by atoms with E-state index < -0.39 is 27.9 Å². The lowest BCUT2D eigenvalue weighted by atomic mass is 10.3. The van der Waals surface area contributed by atoms with E-state index in [9.17, 15) is 17.6 Å². The molecule has 3 atom stereocenters. The van der Waals surface area contributed by atoms with Gasteiger partial charge in [-0.1, -0.05) is 0 Å². The summed E-state index contributed by atoms with van der Waals surface area (Å²) in [5.41, 5.74) is 0.442. The van der Waals surface area contributed by atoms with Crippen LogP contribution in [0.3, 0.4) is 0 Å². The highest BCUT2D eigenvalue weighted by Crippen LogP contribution is 2.23. The molecule has 2 aromatic rings. The van der Waals surface area contributed by atoms with Crippen LogP contribution in [0.5, 0.6) is 5.75 Å². The van der Waals surface area contributed by atoms with Crippen LogP contribution in [0.1, 0.15) is 20.8 Å². The Bertz CT molecular complexity index is 969. The number of anilines is 1. The molecular formula is C21H25FN2O5S. The van der Waals surface area contributed by atoms with Crippen molar-refractivity contribution in [2.45, 2.75) is 44.0 Å². The van der Waals surface area contributed by atoms with Crippen molar-refractivity contribution in [3.8, 4) is 5.75 Å². The van der Waals surface area contributed by atoms with E-state index in [4.69, 9.17) is 9.47 Å². The van der Waals surface area contributed by atoms with E-state index in [0.717, 1.165) is 0 Å². The fraction of sp³-hybridized carbons (Fsp3) is 0.381. The molecule has 2 aromatic carbocycles. The maximum Gasteiger partial charge on any atom is 0.265 e. The van der Waals surface area contributed by atoms with Gasteiger partial charge < -0.3 is 14.8 Å². The monoisotopic (exact) mass is 436 g/mol. The average molecular weight is 437 g/mol. The molecule has 0 radical (unpaired) electrons. The van der Waals surface area contributed by atoms with E-state index >= 15 is 0 Å². The number of halogens is 1. The zero-order valence-corrected chi connectivity index (χ0v) is 17.9. The van der Waals surface area contributed by atoms with E-state index in [2.05, 4.69) is 5.32 Å². The first-order valence-electron chi connectivity index (χ1n) is 9.64. The Balaban J connectivity index is 1.63. The second kappa shape index (κ2) is 9.11. The number of carbonyl (C=O) groups excluding carboxylic acids is 1. The van der Waals surface area contributed by atoms with Gasteiger partial charge in [0.15, 0.2) is 6.10 Å². The maximum absolute atomic E-state index is 13.0. The van der Waals surface area contributed by atoms with Crippen LogP contribution in [0.2, 0.25) is 0 Å². The fourth-order valence-electron chi connectivity index (χ4n) is 3.20. The minimum atomic E-state index is -3.65. The molecular weight excluding hydrogens is 411 g/mol. The smallest absolute Gasteiger partial charge is 0.265 e. The minimum Gasteiger partial charge on any atom is -0.481 e. The lowest BCUT2D eigenvalue weighted by Crippen LogP contribution is -2.48. The number of ether oxygens (including phenoxy) is 2. The van der Waals surface area contributed by atoms with Crippen LogP contribution < -0.4 is 10.1 Å². The molecule has 1 fully saturated rings. The molecule has 0 aromatic heterocycles. The van der Waals surface area contributed by atoms with Crippen LogP contribution in [-0.4, -0.2) is 50.0 Å². The topological polar surface area (TPSA) is 84.9 Å². The third-order valence-corrected chi connectivity index (χ3v) is 6.49. The van der Waals surface area contributed by atoms with Crippen LogP contribution in [0.25, 0.3) is 0 Å². The molecule has 7 nitrogen and oxygen atoms in total. The largest absolute Gasteiger partial charge is 0.481 e. The first-order chi connectivity index (χ1) is 14.1. The second-order valence-corrected chi connectivity index (χ2v) is 9.24. The number of morpholine rings is 1. The normalized spacial score (nSPS) is 21.1. The van der Waals surface area contributed by atoms with Crippen LogP contribution in [-0.2, 0) is 19.6 Å². The third-order valence-electron chi connectivity index (χ3n) is 4.64. The molecule has 9 heteroatoms. The molecule has 1 amide bonds. The average Bonchev–Trinajstić information content (AvgIpc) is 2.69. The summed E-state index contributed by atoms with van der Waals surface area (Å²) in [6.07, 6.45) is -1.18. The summed E-state index contributed by atoms with van der Waals surface area (Å²) in [6, 6.07) is 11.3. The van der Waals surface area contributed by atoms with Crippen molar-refractivity contribution in [1.29, 1.82) is 0 Å². The highest BCUT2D eigenvalue weighted by molar-refractivity contribution is 7.89. The second-order valence-electron chi connectivity index (χ2n) is 7.31. The van der Waals surface area contributed by atoms with E-state index in [1.54, 1.807) is 6.92 Å². The molecule has 162 valence electrons. The predicted octanol–water partition coefficient (Wildman–Crippen LogP) is 3.03. The van der Waals surface area contributed by atoms with Gasteiger partial charge in [-0.2, -0.15) is 4.31 Å². The van der Waals surface area contributed by atoms with Crippen molar-refractivity contribution in [2.75, 3.05) is 18.4 Å². The third kappa shape index (κ3) is 5.35. The molecule has 1 aliphatic heterocycles. The zero-order chi connectivity index (χ0) is 21.9. The molecule has 0 aliphatic carbocycles. The van der Waals surface area contributed by atoms with Gasteiger partial charge in [0, 0.05) is 18.8 Å². The van der Waals surface area contributed by atoms with Crippen molar-refractivity contribution in [3.05, 3.63) is 54.3 Å². The van der Waals surface area contributed by atoms with Gasteiger partial charge in [-0.05, 0) is 69.3 Å². The summed E-state index contributed by atoms with van der Waals surface area (Å²) in [7, 11) is -3.65. The van der Waals surface area contributed by atoms with Crippen LogP contribution in [0.4, 0.5) is 10.1 Å². The molecule has 30 heavy (non-hydrogen) atoms. The molecule has 0 spiro atoms. The molecule has 1 heterocycles. The first kappa shape index (κ1) is 22.2. The van der Waals surface area contributed by atoms with Crippen molar-refractivity contribution < 1.29 is 27.1 Å². The van der Waals surface area contributed by atoms with Gasteiger partial charge in [0.1, 0.15) is 11.6 Å². The summed E-state index contributed by atoms with van der Waals surface area (Å²) in [6.45, 7) is 5.84. The zero-order valence-electron chi connectivity index (χ0n) is 17.0. The number of rotatable bonds is 6. The lowest BCUT2D eigenvalue weighted by molar-refractivity contribution is -0.122. The van der Waals surface area contributed by atoms with Crippen molar-refractivity contribution in [1.82, 2.24) is 4.31 Å². The first-order valence-corrected chi connectivity index (χ1v) is 11.1. The Labute approximate surface area is 175 Å². The number of nitrogens with one attached hydrogen (secondary N) is 1. The van der Waals surface area contributed by atoms with Gasteiger partial charge in [-0.25, -0.2) is 12.8 Å². The highest BCUT2D eigenvalue weighted by Gasteiger charge is 2.32. The van der Waals surface area contributed by atoms with Crippen molar-refractivity contribution >= 4 is 21.6 Å². The summed E-state index contributed by atoms with van der Waals surface area (Å²) in [4.78, 5) is 12.5. The van der Waals surface area contributed by atoms with E-state index in [0.29, 0.717) is 24.5 Å². The van der Waals surface area contributed by atoms with E-state index in [-0.39, 0.29) is 17.1 Å². The molecule has 1 N–H and O–H groups in total. The van der Waals surface area contributed by atoms with E-state index in [1.165, 1.54) is 52.8 Å². The van der Waals surface area contributed by atoms with Gasteiger partial charge in [-0.15, -0.1) is 0 Å². The summed E-state index contributed by atoms with van der Waals surface area (Å²) < 4.78 is 51.2. The van der Waals surface area contributed by atoms with Gasteiger partial charge >= 0.3 is 0 Å². The molecule has 3 rings (SSSR count). The number of amides is 1. The predicted molar refractivity (Wildman–Crippen MR) is 110 cm³/mol. The van der Waals surface area contributed by atoms with Gasteiger partial charge in [-0.3, -0.25) is 4.79 Å². The summed E-state index contributed by atoms with van der Waals surface area (Å²) in [5, 5.41) is 2.68. The molecule has 0 saturated carbocycles. The lowest BCUT2D eigenvalue weighted by Gasteiger charge is -2.34. The highest BCUT2D eigenvalue weighted by atomic mass is 32.2. The number of sulfonamides is 1. The van der Waals surface area contributed by atoms with E-state index in [1.807, 2.05) is 13.8 Å². The Morgan fingerprint density at radius 2 is 1.67 bits per heavy atom. The minimum absolute atomic E-state index is 0.150. The molecule has 1 aliphatic rings. The molecule has 0 unspecified atom stereocenters. The quantitative estimate of drug-likeness (QED) is 0.753. The number of carbonyl (C=O) groups is 1. The Morgan fingerprint density at radius 1 is 1.10 bits per heavy atom. The van der Waals surface area contributed by atoms with Gasteiger partial charge in [0.2, 0.25) is 10.0 Å². The summed E-state index contributed by atoms with van der Waals surface area (Å²) in [5.74, 6) is -0.435. The summed E-state index contributed by atoms with van der Waals surface area (Å²) >= 11 is 0. The Kier molecular flexibility index (Phi) is 6.74. The van der Waals surface area contributed by atoms with Gasteiger partial charge in [0.25, 0.3) is 5.91 Å². The maximum atomic E-state index is 13.0. The number of nitrogens with zero attached hydrogens (tertiary/aromatic N) is 1. The molecule has 1 saturated heterocycles. The molecule has 0 bridgehead atoms. The van der Waals surface area contributed by atoms with Gasteiger partial charge in [0.05, 0.1) is 17.1 Å². The fourth-order valence-corrected chi connectivity index (χ4v) is 4.79. The Hall–Kier alpha value is -2.49. The number of hydrogen-bond acceptors (Lipinski definition) is 5. The van der Waals surface area contributed by atoms with Crippen LogP contribution in [0, 0.1) is 5.82 Å². The van der Waals surface area contributed by atoms with Crippen LogP contribution >= 0.6 is 0 Å². The number of hydrogen-bond donors (Lipinski definition) is 1. The van der Waals surface area contributed by atoms with Crippen molar-refractivity contribution in [3.63, 3.8) is 0 Å². The van der Waals surface area contributed by atoms with Crippen molar-refractivity contribution in [2.24, 2.45) is 0 Å². The number of benzene rings is 2. The SMILES string of the molecule is C[C@@H]1CN(S(=O)(=O)c2ccc(NC(=O)[C@H](C)Oc3ccc(F)cc3)cc2)C[C@@H](C)O1. The Morgan fingerprint density at radius 3 is 2.23 bits per heavy atom. The van der Waals surface area contributed by atoms with Crippen LogP contribution in [0.15, 0.2) is 53.4 Å². The standard InChI is InChI=1S/C21H25FN2O5S/c1-14-12-24(13-15(2)28-14)30(26,27)20-10-6-18(7-11-20)23-21(25)16(3)29-19-8-4-17(22)5-9-19/h4-11,14-16H,12-13H2,1-3H3,(H,23,25)/t14-,15-,16+/m1/s1.